The molecule has 2 aromatic rings. The van der Waals surface area contributed by atoms with Gasteiger partial charge in [-0.3, -0.25) is 0 Å². The van der Waals surface area contributed by atoms with E-state index in [4.69, 9.17) is 36.2 Å². The number of halogens is 1. The number of anilines is 1. The highest BCUT2D eigenvalue weighted by atomic mass is 35.5. The van der Waals surface area contributed by atoms with Crippen LogP contribution in [-0.2, 0) is 14.7 Å². The minimum Gasteiger partial charge on any atom is -0.488 e. The summed E-state index contributed by atoms with van der Waals surface area (Å²) in [6.45, 7) is 0.0649. The summed E-state index contributed by atoms with van der Waals surface area (Å²) in [6.07, 6.45) is -0.803. The molecule has 1 atom stereocenters. The first-order valence-corrected chi connectivity index (χ1v) is 7.02. The molecular formula is C15H12ClNO6. The Morgan fingerprint density at radius 3 is 2.87 bits per heavy atom. The molecule has 0 aromatic heterocycles. The van der Waals surface area contributed by atoms with Gasteiger partial charge < -0.3 is 9.84 Å². The number of carboxylic acid groups (broad SMARTS) is 1. The number of nitrogens with zero attached hydrogens (tertiary/aromatic N) is 1. The van der Waals surface area contributed by atoms with Crippen molar-refractivity contribution in [2.24, 2.45) is 0 Å². The Kier molecular flexibility index (Phi) is 4.63. The molecule has 1 fully saturated rings. The van der Waals surface area contributed by atoms with Gasteiger partial charge in [0.2, 0.25) is 0 Å². The number of ether oxygens (including phenoxy) is 1. The second-order valence-corrected chi connectivity index (χ2v) is 5.02. The van der Waals surface area contributed by atoms with Crippen molar-refractivity contribution in [1.82, 2.24) is 0 Å². The second kappa shape index (κ2) is 6.84. The molecule has 0 amide bonds. The van der Waals surface area contributed by atoms with E-state index in [-0.39, 0.29) is 12.2 Å². The molecule has 1 aliphatic heterocycles. The maximum Gasteiger partial charge on any atom is 0.335 e. The maximum atomic E-state index is 11.0. The summed E-state index contributed by atoms with van der Waals surface area (Å²) in [5.74, 6) is -0.483. The van der Waals surface area contributed by atoms with Crippen LogP contribution in [-0.4, -0.2) is 24.0 Å². The zero-order valence-electron chi connectivity index (χ0n) is 11.7. The van der Waals surface area contributed by atoms with Crippen LogP contribution in [0.25, 0.3) is 0 Å². The Bertz CT molecular complexity index is 710. The number of carboxylic acids is 1. The summed E-state index contributed by atoms with van der Waals surface area (Å²) in [4.78, 5) is 26.2. The van der Waals surface area contributed by atoms with Crippen molar-refractivity contribution in [2.45, 2.75) is 6.29 Å². The number of hydrogen-bond donors (Lipinski definition) is 1. The monoisotopic (exact) mass is 337 g/mol. The van der Waals surface area contributed by atoms with Crippen molar-refractivity contribution in [3.05, 3.63) is 59.1 Å². The standard InChI is InChI=1S/C15H12ClNO6/c16-11-4-2-6-13(8-11)20-9-14-21-17(23-22-14)12-5-1-3-10(7-12)15(18)19/h1-8,14H,9H2,(H,18,19). The van der Waals surface area contributed by atoms with Gasteiger partial charge in [0.05, 0.1) is 11.3 Å². The van der Waals surface area contributed by atoms with Gasteiger partial charge in [-0.2, -0.15) is 4.89 Å². The van der Waals surface area contributed by atoms with Crippen LogP contribution in [0.15, 0.2) is 48.5 Å². The zero-order valence-corrected chi connectivity index (χ0v) is 12.5. The molecule has 2 aromatic carbocycles. The van der Waals surface area contributed by atoms with E-state index >= 15 is 0 Å². The van der Waals surface area contributed by atoms with Gasteiger partial charge in [0.1, 0.15) is 12.4 Å². The molecule has 1 unspecified atom stereocenters. The molecule has 1 N–H and O–H groups in total. The fourth-order valence-electron chi connectivity index (χ4n) is 1.86. The summed E-state index contributed by atoms with van der Waals surface area (Å²) in [6, 6.07) is 12.9. The first-order valence-electron chi connectivity index (χ1n) is 6.64. The molecular weight excluding hydrogens is 326 g/mol. The van der Waals surface area contributed by atoms with E-state index in [0.717, 1.165) is 5.23 Å². The van der Waals surface area contributed by atoms with E-state index in [1.54, 1.807) is 36.4 Å². The molecule has 0 bridgehead atoms. The van der Waals surface area contributed by atoms with Crippen molar-refractivity contribution >= 4 is 23.3 Å². The van der Waals surface area contributed by atoms with Gasteiger partial charge in [-0.15, -0.1) is 0 Å². The zero-order chi connectivity index (χ0) is 16.2. The molecule has 1 aliphatic rings. The second-order valence-electron chi connectivity index (χ2n) is 4.59. The highest BCUT2D eigenvalue weighted by Crippen LogP contribution is 2.24. The summed E-state index contributed by atoms with van der Waals surface area (Å²) in [5.41, 5.74) is 0.489. The number of aromatic carboxylic acids is 1. The van der Waals surface area contributed by atoms with E-state index in [1.807, 2.05) is 0 Å². The van der Waals surface area contributed by atoms with Crippen LogP contribution in [0, 0.1) is 0 Å². The van der Waals surface area contributed by atoms with Gasteiger partial charge in [0, 0.05) is 5.02 Å². The Labute approximate surface area is 136 Å². The van der Waals surface area contributed by atoms with Crippen LogP contribution in [0.5, 0.6) is 5.75 Å². The van der Waals surface area contributed by atoms with Crippen LogP contribution in [0.4, 0.5) is 5.69 Å². The third-order valence-electron chi connectivity index (χ3n) is 2.92. The topological polar surface area (TPSA) is 77.5 Å². The van der Waals surface area contributed by atoms with Crippen molar-refractivity contribution in [2.75, 3.05) is 11.8 Å². The molecule has 0 saturated carbocycles. The molecule has 23 heavy (non-hydrogen) atoms. The first kappa shape index (κ1) is 15.6. The smallest absolute Gasteiger partial charge is 0.335 e. The van der Waals surface area contributed by atoms with Crippen LogP contribution in [0.3, 0.4) is 0 Å². The predicted octanol–water partition coefficient (Wildman–Crippen LogP) is 3.06. The van der Waals surface area contributed by atoms with Crippen molar-refractivity contribution in [3.63, 3.8) is 0 Å². The predicted molar refractivity (Wildman–Crippen MR) is 79.9 cm³/mol. The molecule has 0 aliphatic carbocycles. The quantitative estimate of drug-likeness (QED) is 0.840. The summed E-state index contributed by atoms with van der Waals surface area (Å²) >= 11 is 5.86. The number of benzene rings is 2. The fraction of sp³-hybridized carbons (Fsp3) is 0.133. The molecule has 0 spiro atoms. The lowest BCUT2D eigenvalue weighted by molar-refractivity contribution is -0.287. The number of carbonyl (C=O) groups is 1. The van der Waals surface area contributed by atoms with Gasteiger partial charge in [-0.05, 0) is 36.4 Å². The highest BCUT2D eigenvalue weighted by molar-refractivity contribution is 6.30. The molecule has 3 rings (SSSR count). The lowest BCUT2D eigenvalue weighted by atomic mass is 10.2. The summed E-state index contributed by atoms with van der Waals surface area (Å²) < 4.78 is 5.48. The lowest BCUT2D eigenvalue weighted by Crippen LogP contribution is -2.22. The van der Waals surface area contributed by atoms with Gasteiger partial charge in [0.25, 0.3) is 6.29 Å². The minimum absolute atomic E-state index is 0.0649. The summed E-state index contributed by atoms with van der Waals surface area (Å²) in [5, 5.41) is 10.5. The third kappa shape index (κ3) is 3.91. The minimum atomic E-state index is -1.05. The largest absolute Gasteiger partial charge is 0.488 e. The van der Waals surface area contributed by atoms with E-state index < -0.39 is 12.3 Å². The Balaban J connectivity index is 1.58. The van der Waals surface area contributed by atoms with Gasteiger partial charge in [-0.25, -0.2) is 9.63 Å². The number of hydrogen-bond acceptors (Lipinski definition) is 6. The fourth-order valence-corrected chi connectivity index (χ4v) is 2.04. The average Bonchev–Trinajstić information content (AvgIpc) is 3.02. The lowest BCUT2D eigenvalue weighted by Gasteiger charge is -2.12. The molecule has 7 nitrogen and oxygen atoms in total. The van der Waals surface area contributed by atoms with Crippen LogP contribution in [0.2, 0.25) is 5.02 Å². The Morgan fingerprint density at radius 1 is 1.26 bits per heavy atom. The molecule has 1 saturated heterocycles. The van der Waals surface area contributed by atoms with Crippen LogP contribution >= 0.6 is 11.6 Å². The van der Waals surface area contributed by atoms with E-state index in [1.165, 1.54) is 12.1 Å². The molecule has 0 radical (unpaired) electrons. The number of rotatable bonds is 5. The SMILES string of the molecule is O=C(O)c1cccc(N2OOC(COc3cccc(Cl)c3)O2)c1. The normalized spacial score (nSPS) is 17.3. The van der Waals surface area contributed by atoms with Crippen LogP contribution in [0.1, 0.15) is 10.4 Å². The maximum absolute atomic E-state index is 11.0. The average molecular weight is 338 g/mol. The van der Waals surface area contributed by atoms with Crippen molar-refractivity contribution < 1.29 is 29.4 Å². The molecule has 1 heterocycles. The van der Waals surface area contributed by atoms with Crippen molar-refractivity contribution in [1.29, 1.82) is 0 Å². The van der Waals surface area contributed by atoms with Gasteiger partial charge in [0.15, 0.2) is 0 Å². The third-order valence-corrected chi connectivity index (χ3v) is 3.15. The van der Waals surface area contributed by atoms with Gasteiger partial charge >= 0.3 is 5.97 Å². The molecule has 8 heteroatoms. The molecule has 120 valence electrons. The van der Waals surface area contributed by atoms with Crippen LogP contribution < -0.4 is 9.96 Å². The van der Waals surface area contributed by atoms with Gasteiger partial charge in [-0.1, -0.05) is 33.9 Å². The Morgan fingerprint density at radius 2 is 2.09 bits per heavy atom. The highest BCUT2D eigenvalue weighted by Gasteiger charge is 2.28. The van der Waals surface area contributed by atoms with Crippen molar-refractivity contribution in [3.8, 4) is 5.75 Å². The van der Waals surface area contributed by atoms with E-state index in [9.17, 15) is 4.79 Å². The van der Waals surface area contributed by atoms with E-state index in [2.05, 4.69) is 0 Å². The van der Waals surface area contributed by atoms with E-state index in [0.29, 0.717) is 16.5 Å². The Hall–Kier alpha value is -2.32. The summed E-state index contributed by atoms with van der Waals surface area (Å²) in [7, 11) is 0. The first-order chi connectivity index (χ1) is 11.1.